The Hall–Kier alpha value is -4.70. The zero-order valence-corrected chi connectivity index (χ0v) is 25.1. The van der Waals surface area contributed by atoms with Gasteiger partial charge in [0, 0.05) is 5.56 Å². The van der Waals surface area contributed by atoms with E-state index in [1.54, 1.807) is 56.3 Å². The zero-order valence-electron chi connectivity index (χ0n) is 24.3. The van der Waals surface area contributed by atoms with Crippen molar-refractivity contribution >= 4 is 23.4 Å². The van der Waals surface area contributed by atoms with Gasteiger partial charge in [-0.05, 0) is 68.3 Å². The van der Waals surface area contributed by atoms with E-state index < -0.39 is 12.0 Å². The average Bonchev–Trinajstić information content (AvgIpc) is 3.30. The zero-order chi connectivity index (χ0) is 30.5. The number of carbonyl (C=O) groups excluding carboxylic acids is 1. The van der Waals surface area contributed by atoms with E-state index in [0.29, 0.717) is 44.4 Å². The fraction of sp³-hybridized carbons (Fsp3) is 0.242. The van der Waals surface area contributed by atoms with Crippen LogP contribution in [0.4, 0.5) is 4.39 Å². The highest BCUT2D eigenvalue weighted by atomic mass is 32.1. The Morgan fingerprint density at radius 3 is 2.51 bits per heavy atom. The van der Waals surface area contributed by atoms with Crippen LogP contribution in [-0.2, 0) is 16.1 Å². The summed E-state index contributed by atoms with van der Waals surface area (Å²) in [5.74, 6) is 0.669. The number of hydrogen-bond acceptors (Lipinski definition) is 8. The topological polar surface area (TPSA) is 88.4 Å². The maximum atomic E-state index is 14.0. The molecule has 43 heavy (non-hydrogen) atoms. The molecule has 1 aliphatic rings. The summed E-state index contributed by atoms with van der Waals surface area (Å²) in [6.45, 7) is 6.07. The molecule has 0 spiro atoms. The highest BCUT2D eigenvalue weighted by Gasteiger charge is 2.36. The van der Waals surface area contributed by atoms with Crippen LogP contribution in [0.2, 0.25) is 0 Å². The van der Waals surface area contributed by atoms with Gasteiger partial charge < -0.3 is 18.9 Å². The van der Waals surface area contributed by atoms with Crippen molar-refractivity contribution in [3.8, 4) is 17.2 Å². The summed E-state index contributed by atoms with van der Waals surface area (Å²) in [5, 5.41) is 0. The van der Waals surface area contributed by atoms with Crippen LogP contribution in [-0.4, -0.2) is 30.9 Å². The van der Waals surface area contributed by atoms with Crippen molar-refractivity contribution in [1.82, 2.24) is 4.57 Å². The van der Waals surface area contributed by atoms with Crippen molar-refractivity contribution in [1.29, 1.82) is 0 Å². The minimum absolute atomic E-state index is 0.172. The highest BCUT2D eigenvalue weighted by molar-refractivity contribution is 7.07. The summed E-state index contributed by atoms with van der Waals surface area (Å²) in [6, 6.07) is 18.0. The normalized spacial score (nSPS) is 14.6. The summed E-state index contributed by atoms with van der Waals surface area (Å²) >= 11 is 1.23. The second-order valence-electron chi connectivity index (χ2n) is 9.60. The third-order valence-electron chi connectivity index (χ3n) is 6.80. The molecule has 0 N–H and O–H groups in total. The minimum atomic E-state index is -0.840. The Morgan fingerprint density at radius 2 is 1.81 bits per heavy atom. The molecule has 10 heteroatoms. The number of allylic oxidation sites excluding steroid dienone is 1. The predicted octanol–water partition coefficient (Wildman–Crippen LogP) is 4.92. The summed E-state index contributed by atoms with van der Waals surface area (Å²) in [5.41, 5.74) is 2.50. The lowest BCUT2D eigenvalue weighted by molar-refractivity contribution is -0.139. The first kappa shape index (κ1) is 29.8. The molecule has 4 aromatic rings. The number of methoxy groups -OCH3 is 1. The van der Waals surface area contributed by atoms with E-state index >= 15 is 0 Å². The van der Waals surface area contributed by atoms with E-state index in [1.807, 2.05) is 25.1 Å². The Balaban J connectivity index is 1.56. The highest BCUT2D eigenvalue weighted by Crippen LogP contribution is 2.40. The largest absolute Gasteiger partial charge is 0.493 e. The Labute approximate surface area is 252 Å². The molecule has 5 rings (SSSR count). The molecule has 8 nitrogen and oxygen atoms in total. The number of esters is 1. The number of aromatic nitrogens is 1. The molecule has 2 heterocycles. The lowest BCUT2D eigenvalue weighted by Gasteiger charge is -2.26. The third kappa shape index (κ3) is 6.24. The molecule has 0 radical (unpaired) electrons. The molecular weight excluding hydrogens is 571 g/mol. The molecule has 0 saturated carbocycles. The molecule has 3 aromatic carbocycles. The van der Waals surface area contributed by atoms with E-state index in [0.717, 1.165) is 11.1 Å². The standard InChI is InChI=1S/C33H31FN2O6S/c1-5-40-30-25(11-8-12-26(30)39-4)29-28(32(38)41-6-2)20(3)35-33-36(29)31(37)27(43-33)18-21-13-15-24(16-14-21)42-19-22-9-7-10-23(34)17-22/h7-18,29H,5-6,19H2,1-4H3/t29-/m0/s1. The molecule has 0 fully saturated rings. The van der Waals surface area contributed by atoms with Crippen LogP contribution in [0.3, 0.4) is 0 Å². The third-order valence-corrected chi connectivity index (χ3v) is 7.78. The van der Waals surface area contributed by atoms with Gasteiger partial charge in [-0.15, -0.1) is 0 Å². The van der Waals surface area contributed by atoms with E-state index in [4.69, 9.17) is 18.9 Å². The molecule has 0 unspecified atom stereocenters. The quantitative estimate of drug-likeness (QED) is 0.240. The SMILES string of the molecule is CCOC(=O)C1=C(C)N=c2sc(=Cc3ccc(OCc4cccc(F)c4)cc3)c(=O)n2[C@H]1c1cccc(OC)c1OCC. The average molecular weight is 603 g/mol. The second-order valence-corrected chi connectivity index (χ2v) is 10.6. The number of rotatable bonds is 10. The fourth-order valence-electron chi connectivity index (χ4n) is 4.90. The first-order chi connectivity index (χ1) is 20.8. The van der Waals surface area contributed by atoms with Crippen LogP contribution in [0.5, 0.6) is 17.2 Å². The van der Waals surface area contributed by atoms with E-state index in [9.17, 15) is 14.0 Å². The van der Waals surface area contributed by atoms with Crippen LogP contribution in [0.15, 0.2) is 87.8 Å². The first-order valence-corrected chi connectivity index (χ1v) is 14.6. The van der Waals surface area contributed by atoms with Gasteiger partial charge in [-0.2, -0.15) is 0 Å². The maximum absolute atomic E-state index is 14.0. The number of benzene rings is 3. The Kier molecular flexibility index (Phi) is 9.06. The fourth-order valence-corrected chi connectivity index (χ4v) is 5.95. The monoisotopic (exact) mass is 602 g/mol. The molecule has 0 saturated heterocycles. The molecule has 1 atom stereocenters. The number of para-hydroxylation sites is 1. The van der Waals surface area contributed by atoms with Crippen LogP contribution >= 0.6 is 11.3 Å². The van der Waals surface area contributed by atoms with Crippen molar-refractivity contribution in [2.24, 2.45) is 4.99 Å². The summed E-state index contributed by atoms with van der Waals surface area (Å²) in [6.07, 6.45) is 1.77. The maximum Gasteiger partial charge on any atom is 0.338 e. The number of ether oxygens (including phenoxy) is 4. The van der Waals surface area contributed by atoms with E-state index in [-0.39, 0.29) is 30.2 Å². The van der Waals surface area contributed by atoms with Gasteiger partial charge in [0.05, 0.1) is 36.1 Å². The van der Waals surface area contributed by atoms with Gasteiger partial charge in [0.15, 0.2) is 16.3 Å². The van der Waals surface area contributed by atoms with Gasteiger partial charge in [0.2, 0.25) is 0 Å². The minimum Gasteiger partial charge on any atom is -0.493 e. The summed E-state index contributed by atoms with van der Waals surface area (Å²) in [7, 11) is 1.54. The second kappa shape index (κ2) is 13.1. The van der Waals surface area contributed by atoms with Gasteiger partial charge >= 0.3 is 5.97 Å². The summed E-state index contributed by atoms with van der Waals surface area (Å²) in [4.78, 5) is 32.4. The molecular formula is C33H31FN2O6S. The molecule has 0 aliphatic carbocycles. The van der Waals surface area contributed by atoms with Crippen molar-refractivity contribution in [3.05, 3.63) is 120 Å². The van der Waals surface area contributed by atoms with Gasteiger partial charge in [0.1, 0.15) is 24.2 Å². The smallest absolute Gasteiger partial charge is 0.338 e. The van der Waals surface area contributed by atoms with Crippen molar-refractivity contribution in [3.63, 3.8) is 0 Å². The molecule has 1 aromatic heterocycles. The van der Waals surface area contributed by atoms with Crippen molar-refractivity contribution < 1.29 is 28.1 Å². The predicted molar refractivity (Wildman–Crippen MR) is 162 cm³/mol. The number of nitrogens with zero attached hydrogens (tertiary/aromatic N) is 2. The van der Waals surface area contributed by atoms with Gasteiger partial charge in [-0.25, -0.2) is 14.2 Å². The number of fused-ring (bicyclic) bond motifs is 1. The summed E-state index contributed by atoms with van der Waals surface area (Å²) < 4.78 is 38.2. The lowest BCUT2D eigenvalue weighted by atomic mass is 9.94. The first-order valence-electron chi connectivity index (χ1n) is 13.8. The van der Waals surface area contributed by atoms with Crippen LogP contribution in [0.25, 0.3) is 6.08 Å². The molecule has 222 valence electrons. The number of halogens is 1. The number of hydrogen-bond donors (Lipinski definition) is 0. The van der Waals surface area contributed by atoms with Crippen LogP contribution in [0.1, 0.15) is 43.5 Å². The Bertz CT molecular complexity index is 1860. The molecule has 0 bridgehead atoms. The number of thiazole rings is 1. The lowest BCUT2D eigenvalue weighted by Crippen LogP contribution is -2.40. The molecule has 0 amide bonds. The number of carbonyl (C=O) groups is 1. The van der Waals surface area contributed by atoms with Crippen LogP contribution in [0, 0.1) is 5.82 Å². The molecule has 1 aliphatic heterocycles. The van der Waals surface area contributed by atoms with Crippen LogP contribution < -0.4 is 29.1 Å². The Morgan fingerprint density at radius 1 is 1.05 bits per heavy atom. The van der Waals surface area contributed by atoms with Gasteiger partial charge in [0.25, 0.3) is 5.56 Å². The van der Waals surface area contributed by atoms with Crippen molar-refractivity contribution in [2.75, 3.05) is 20.3 Å². The van der Waals surface area contributed by atoms with Gasteiger partial charge in [-0.3, -0.25) is 9.36 Å². The van der Waals surface area contributed by atoms with Crippen molar-refractivity contribution in [2.45, 2.75) is 33.4 Å². The van der Waals surface area contributed by atoms with E-state index in [1.165, 1.54) is 35.1 Å². The van der Waals surface area contributed by atoms with Gasteiger partial charge in [-0.1, -0.05) is 47.7 Å². The van der Waals surface area contributed by atoms with E-state index in [2.05, 4.69) is 4.99 Å².